The highest BCUT2D eigenvalue weighted by atomic mass is 16.6. The van der Waals surface area contributed by atoms with Crippen LogP contribution in [-0.4, -0.2) is 28.4 Å². The molecule has 6 heteroatoms. The number of phenolic OH excluding ortho intramolecular Hbond substituents is 2. The molecule has 0 atom stereocenters. The van der Waals surface area contributed by atoms with Crippen molar-refractivity contribution in [3.05, 3.63) is 82.9 Å². The maximum atomic E-state index is 12.5. The van der Waals surface area contributed by atoms with Gasteiger partial charge in [0.25, 0.3) is 0 Å². The number of carbonyl (C=O) groups excluding carboxylic acids is 1. The summed E-state index contributed by atoms with van der Waals surface area (Å²) in [7, 11) is 1.00. The molecule has 0 bridgehead atoms. The number of hydrogen-bond donors (Lipinski definition) is 3. The van der Waals surface area contributed by atoms with E-state index in [2.05, 4.69) is 0 Å². The number of aliphatic hydroxyl groups is 1. The Labute approximate surface area is 154 Å². The third-order valence-electron chi connectivity index (χ3n) is 4.68. The van der Waals surface area contributed by atoms with Crippen molar-refractivity contribution in [1.82, 2.24) is 0 Å². The fourth-order valence-corrected chi connectivity index (χ4v) is 3.65. The van der Waals surface area contributed by atoms with Crippen LogP contribution < -0.4 is 4.74 Å². The SMILES string of the molecule is CO.O=C1OC2(c3ccc(O)cc3Oc3cc(O)ccc32)c2ccccc21. The van der Waals surface area contributed by atoms with E-state index < -0.39 is 11.6 Å². The van der Waals surface area contributed by atoms with Crippen LogP contribution >= 0.6 is 0 Å². The minimum atomic E-state index is -1.17. The third kappa shape index (κ3) is 2.27. The van der Waals surface area contributed by atoms with Crippen LogP contribution in [0.15, 0.2) is 60.7 Å². The van der Waals surface area contributed by atoms with Crippen LogP contribution in [-0.2, 0) is 10.3 Å². The fraction of sp³-hybridized carbons (Fsp3) is 0.0952. The lowest BCUT2D eigenvalue weighted by Gasteiger charge is -2.36. The predicted molar refractivity (Wildman–Crippen MR) is 96.2 cm³/mol. The normalized spacial score (nSPS) is 14.8. The molecule has 3 aromatic rings. The van der Waals surface area contributed by atoms with E-state index in [1.807, 2.05) is 12.1 Å². The molecular formula is C21H16O6. The fourth-order valence-electron chi connectivity index (χ4n) is 3.65. The summed E-state index contributed by atoms with van der Waals surface area (Å²) in [6.07, 6.45) is 0. The van der Waals surface area contributed by atoms with Crippen molar-refractivity contribution in [1.29, 1.82) is 0 Å². The zero-order valence-corrected chi connectivity index (χ0v) is 14.3. The number of phenols is 2. The van der Waals surface area contributed by atoms with Crippen molar-refractivity contribution in [2.24, 2.45) is 0 Å². The van der Waals surface area contributed by atoms with E-state index in [-0.39, 0.29) is 11.5 Å². The lowest BCUT2D eigenvalue weighted by molar-refractivity contribution is 0.0224. The summed E-state index contributed by atoms with van der Waals surface area (Å²) < 4.78 is 11.8. The highest BCUT2D eigenvalue weighted by molar-refractivity contribution is 5.97. The first-order valence-corrected chi connectivity index (χ1v) is 8.22. The number of aliphatic hydroxyl groups excluding tert-OH is 1. The number of carbonyl (C=O) groups is 1. The van der Waals surface area contributed by atoms with Crippen molar-refractivity contribution >= 4 is 5.97 Å². The summed E-state index contributed by atoms with van der Waals surface area (Å²) >= 11 is 0. The molecule has 2 aliphatic heterocycles. The molecule has 5 rings (SSSR count). The van der Waals surface area contributed by atoms with Crippen molar-refractivity contribution in [2.75, 3.05) is 7.11 Å². The first kappa shape index (κ1) is 16.9. The average Bonchev–Trinajstić information content (AvgIpc) is 2.97. The maximum absolute atomic E-state index is 12.5. The number of ether oxygens (including phenoxy) is 2. The van der Waals surface area contributed by atoms with Crippen LogP contribution in [0.25, 0.3) is 0 Å². The summed E-state index contributed by atoms with van der Waals surface area (Å²) in [5, 5.41) is 26.7. The minimum Gasteiger partial charge on any atom is -0.508 e. The molecule has 0 fully saturated rings. The number of rotatable bonds is 0. The molecule has 0 amide bonds. The average molecular weight is 364 g/mol. The van der Waals surface area contributed by atoms with E-state index in [0.717, 1.165) is 7.11 Å². The second-order valence-electron chi connectivity index (χ2n) is 6.08. The van der Waals surface area contributed by atoms with Crippen molar-refractivity contribution in [3.8, 4) is 23.0 Å². The van der Waals surface area contributed by atoms with E-state index >= 15 is 0 Å². The molecule has 0 saturated carbocycles. The molecule has 2 aliphatic rings. The van der Waals surface area contributed by atoms with Gasteiger partial charge in [0, 0.05) is 35.9 Å². The molecule has 0 aromatic heterocycles. The Balaban J connectivity index is 0.000000872. The van der Waals surface area contributed by atoms with Gasteiger partial charge in [0.1, 0.15) is 23.0 Å². The highest BCUT2D eigenvalue weighted by Crippen LogP contribution is 2.56. The quantitative estimate of drug-likeness (QED) is 0.530. The molecule has 0 aliphatic carbocycles. The molecule has 0 saturated heterocycles. The Morgan fingerprint density at radius 1 is 0.778 bits per heavy atom. The monoisotopic (exact) mass is 364 g/mol. The second kappa shape index (κ2) is 6.03. The van der Waals surface area contributed by atoms with Crippen LogP contribution in [0.2, 0.25) is 0 Å². The molecule has 2 heterocycles. The summed E-state index contributed by atoms with van der Waals surface area (Å²) in [6, 6.07) is 16.6. The second-order valence-corrected chi connectivity index (χ2v) is 6.08. The van der Waals surface area contributed by atoms with Gasteiger partial charge in [-0.05, 0) is 30.3 Å². The Bertz CT molecular complexity index is 1000. The van der Waals surface area contributed by atoms with Gasteiger partial charge in [-0.15, -0.1) is 0 Å². The van der Waals surface area contributed by atoms with Gasteiger partial charge in [0.2, 0.25) is 0 Å². The summed E-state index contributed by atoms with van der Waals surface area (Å²) in [5.41, 5.74) is 1.28. The topological polar surface area (TPSA) is 96.2 Å². The molecule has 3 N–H and O–H groups in total. The molecule has 136 valence electrons. The molecular weight excluding hydrogens is 348 g/mol. The first-order chi connectivity index (χ1) is 13.1. The van der Waals surface area contributed by atoms with E-state index in [1.54, 1.807) is 24.3 Å². The molecule has 3 aromatic carbocycles. The van der Waals surface area contributed by atoms with Crippen LogP contribution in [0.4, 0.5) is 0 Å². The standard InChI is InChI=1S/C20H12O5.CH4O/c21-11-5-7-15-17(9-11)24-18-10-12(22)6-8-16(18)20(15)14-4-2-1-3-13(14)19(23)25-20;1-2/h1-10,21-22H;2H,1H3. The van der Waals surface area contributed by atoms with Gasteiger partial charge in [0.15, 0.2) is 5.60 Å². The largest absolute Gasteiger partial charge is 0.508 e. The Morgan fingerprint density at radius 2 is 1.33 bits per heavy atom. The smallest absolute Gasteiger partial charge is 0.340 e. The lowest BCUT2D eigenvalue weighted by atomic mass is 9.77. The number of aromatic hydroxyl groups is 2. The van der Waals surface area contributed by atoms with Crippen molar-refractivity contribution in [3.63, 3.8) is 0 Å². The first-order valence-electron chi connectivity index (χ1n) is 8.22. The molecule has 1 spiro atoms. The molecule has 0 radical (unpaired) electrons. The van der Waals surface area contributed by atoms with Crippen LogP contribution in [0, 0.1) is 0 Å². The maximum Gasteiger partial charge on any atom is 0.340 e. The number of benzene rings is 3. The van der Waals surface area contributed by atoms with Crippen LogP contribution in [0.1, 0.15) is 27.0 Å². The van der Waals surface area contributed by atoms with Gasteiger partial charge in [-0.25, -0.2) is 4.79 Å². The highest BCUT2D eigenvalue weighted by Gasteiger charge is 2.53. The molecule has 27 heavy (non-hydrogen) atoms. The van der Waals surface area contributed by atoms with Crippen LogP contribution in [0.3, 0.4) is 0 Å². The number of esters is 1. The van der Waals surface area contributed by atoms with Gasteiger partial charge in [-0.1, -0.05) is 18.2 Å². The summed E-state index contributed by atoms with van der Waals surface area (Å²) in [6.45, 7) is 0. The Kier molecular flexibility index (Phi) is 3.78. The predicted octanol–water partition coefficient (Wildman–Crippen LogP) is 3.27. The summed E-state index contributed by atoms with van der Waals surface area (Å²) in [5.74, 6) is 0.408. The van der Waals surface area contributed by atoms with Gasteiger partial charge in [-0.3, -0.25) is 0 Å². The van der Waals surface area contributed by atoms with E-state index in [9.17, 15) is 15.0 Å². The van der Waals surface area contributed by atoms with E-state index in [4.69, 9.17) is 14.6 Å². The number of hydrogen-bond acceptors (Lipinski definition) is 6. The van der Waals surface area contributed by atoms with Crippen molar-refractivity contribution < 1.29 is 29.6 Å². The number of fused-ring (bicyclic) bond motifs is 6. The Morgan fingerprint density at radius 3 is 1.93 bits per heavy atom. The summed E-state index contributed by atoms with van der Waals surface area (Å²) in [4.78, 5) is 12.5. The van der Waals surface area contributed by atoms with Crippen LogP contribution in [0.5, 0.6) is 23.0 Å². The van der Waals surface area contributed by atoms with Gasteiger partial charge >= 0.3 is 5.97 Å². The minimum absolute atomic E-state index is 0.0371. The van der Waals surface area contributed by atoms with E-state index in [1.165, 1.54) is 24.3 Å². The molecule has 0 unspecified atom stereocenters. The zero-order chi connectivity index (χ0) is 19.2. The van der Waals surface area contributed by atoms with Gasteiger partial charge in [-0.2, -0.15) is 0 Å². The zero-order valence-electron chi connectivity index (χ0n) is 14.3. The third-order valence-corrected chi connectivity index (χ3v) is 4.68. The van der Waals surface area contributed by atoms with Gasteiger partial charge in [0.05, 0.1) is 5.56 Å². The Hall–Kier alpha value is -3.51. The lowest BCUT2D eigenvalue weighted by Crippen LogP contribution is -2.32. The molecule has 6 nitrogen and oxygen atoms in total. The van der Waals surface area contributed by atoms with Crippen molar-refractivity contribution in [2.45, 2.75) is 5.60 Å². The van der Waals surface area contributed by atoms with E-state index in [0.29, 0.717) is 33.8 Å². The van der Waals surface area contributed by atoms with Gasteiger partial charge < -0.3 is 24.8 Å².